The van der Waals surface area contributed by atoms with E-state index in [1.165, 1.54) is 4.90 Å². The Bertz CT molecular complexity index is 941. The normalized spacial score (nSPS) is 12.0. The molecule has 0 spiro atoms. The summed E-state index contributed by atoms with van der Waals surface area (Å²) in [6, 6.07) is 16.7. The third-order valence-corrected chi connectivity index (χ3v) is 4.16. The molecule has 0 N–H and O–H groups in total. The van der Waals surface area contributed by atoms with Gasteiger partial charge >= 0.3 is 6.09 Å². The van der Waals surface area contributed by atoms with Crippen molar-refractivity contribution in [1.29, 1.82) is 0 Å². The summed E-state index contributed by atoms with van der Waals surface area (Å²) in [5.41, 5.74) is 1.41. The molecule has 4 nitrogen and oxygen atoms in total. The van der Waals surface area contributed by atoms with Gasteiger partial charge in [0.05, 0.1) is 17.9 Å². The molecule has 0 aliphatic carbocycles. The van der Waals surface area contributed by atoms with Crippen molar-refractivity contribution in [1.82, 2.24) is 0 Å². The van der Waals surface area contributed by atoms with Gasteiger partial charge in [-0.05, 0) is 63.1 Å². The number of para-hydroxylation sites is 1. The zero-order valence-corrected chi connectivity index (χ0v) is 19.2. The van der Waals surface area contributed by atoms with Crippen LogP contribution in [0.5, 0.6) is 0 Å². The molecule has 0 saturated heterocycles. The number of hydrogen-bond acceptors (Lipinski definition) is 3. The average molecular weight is 425 g/mol. The lowest BCUT2D eigenvalue weighted by atomic mass is 9.90. The predicted octanol–water partition coefficient (Wildman–Crippen LogP) is 6.90. The van der Waals surface area contributed by atoms with Crippen LogP contribution in [0.2, 0.25) is 5.02 Å². The Hall–Kier alpha value is -2.77. The number of rotatable bonds is 3. The van der Waals surface area contributed by atoms with Gasteiger partial charge in [0.25, 0.3) is 0 Å². The van der Waals surface area contributed by atoms with Gasteiger partial charge in [-0.25, -0.2) is 9.79 Å². The van der Waals surface area contributed by atoms with E-state index in [0.717, 1.165) is 11.4 Å². The van der Waals surface area contributed by atoms with E-state index in [2.05, 4.69) is 32.6 Å². The molecule has 30 heavy (non-hydrogen) atoms. The first-order valence-electron chi connectivity index (χ1n) is 9.85. The standard InChI is InChI=1S/C25H29ClN2O2/c1-24(2,3)22(27-20-11-8-7-9-12-20)13-10-18-28(23(29)30-25(4,5)6)21-16-14-19(26)15-17-21/h7-9,11-12,14-17H,18H2,1-6H3. The molecule has 2 aromatic carbocycles. The second-order valence-corrected chi connectivity index (χ2v) is 9.33. The van der Waals surface area contributed by atoms with E-state index < -0.39 is 11.7 Å². The van der Waals surface area contributed by atoms with Crippen LogP contribution in [0.3, 0.4) is 0 Å². The van der Waals surface area contributed by atoms with Crippen LogP contribution >= 0.6 is 11.6 Å². The van der Waals surface area contributed by atoms with Crippen molar-refractivity contribution in [2.24, 2.45) is 10.4 Å². The van der Waals surface area contributed by atoms with E-state index in [9.17, 15) is 4.79 Å². The largest absolute Gasteiger partial charge is 0.443 e. The summed E-state index contributed by atoms with van der Waals surface area (Å²) in [7, 11) is 0. The topological polar surface area (TPSA) is 41.9 Å². The SMILES string of the molecule is CC(C)(C)OC(=O)N(CC#CC(=Nc1ccccc1)C(C)(C)C)c1ccc(Cl)cc1. The van der Waals surface area contributed by atoms with Gasteiger partial charge < -0.3 is 4.74 Å². The highest BCUT2D eigenvalue weighted by Gasteiger charge is 2.23. The Labute approximate surface area is 184 Å². The number of amides is 1. The number of nitrogens with zero attached hydrogens (tertiary/aromatic N) is 2. The minimum Gasteiger partial charge on any atom is -0.443 e. The van der Waals surface area contributed by atoms with Crippen molar-refractivity contribution >= 4 is 34.8 Å². The van der Waals surface area contributed by atoms with Crippen molar-refractivity contribution < 1.29 is 9.53 Å². The van der Waals surface area contributed by atoms with Gasteiger partial charge in [0, 0.05) is 16.1 Å². The third kappa shape index (κ3) is 7.57. The predicted molar refractivity (Wildman–Crippen MR) is 126 cm³/mol. The zero-order valence-electron chi connectivity index (χ0n) is 18.5. The maximum Gasteiger partial charge on any atom is 0.415 e. The van der Waals surface area contributed by atoms with Crippen molar-refractivity contribution in [3.8, 4) is 11.8 Å². The van der Waals surface area contributed by atoms with Crippen molar-refractivity contribution in [3.63, 3.8) is 0 Å². The highest BCUT2D eigenvalue weighted by atomic mass is 35.5. The molecule has 0 atom stereocenters. The van der Waals surface area contributed by atoms with Crippen molar-refractivity contribution in [2.75, 3.05) is 11.4 Å². The minimum absolute atomic E-state index is 0.167. The molecule has 0 aliphatic heterocycles. The Morgan fingerprint density at radius 1 is 1.00 bits per heavy atom. The van der Waals surface area contributed by atoms with Crippen LogP contribution in [0.4, 0.5) is 16.2 Å². The van der Waals surface area contributed by atoms with E-state index in [1.807, 2.05) is 51.1 Å². The van der Waals surface area contributed by atoms with Crippen LogP contribution < -0.4 is 4.90 Å². The van der Waals surface area contributed by atoms with Gasteiger partial charge in [0.1, 0.15) is 5.60 Å². The second kappa shape index (κ2) is 9.82. The number of benzene rings is 2. The van der Waals surface area contributed by atoms with E-state index in [-0.39, 0.29) is 12.0 Å². The number of halogens is 1. The van der Waals surface area contributed by atoms with E-state index >= 15 is 0 Å². The summed E-state index contributed by atoms with van der Waals surface area (Å²) in [5, 5.41) is 0.596. The molecule has 158 valence electrons. The molecular weight excluding hydrogens is 396 g/mol. The molecular formula is C25H29ClN2O2. The first kappa shape index (κ1) is 23.5. The lowest BCUT2D eigenvalue weighted by molar-refractivity contribution is 0.0585. The zero-order chi connectivity index (χ0) is 22.4. The molecule has 0 bridgehead atoms. The van der Waals surface area contributed by atoms with Crippen LogP contribution in [-0.2, 0) is 4.74 Å². The molecule has 0 aromatic heterocycles. The van der Waals surface area contributed by atoms with Crippen LogP contribution in [0.1, 0.15) is 41.5 Å². The number of anilines is 1. The van der Waals surface area contributed by atoms with E-state index in [0.29, 0.717) is 10.7 Å². The molecule has 0 fully saturated rings. The van der Waals surface area contributed by atoms with Crippen LogP contribution in [0.25, 0.3) is 0 Å². The molecule has 0 saturated carbocycles. The number of hydrogen-bond donors (Lipinski definition) is 0. The molecule has 2 aromatic rings. The number of aliphatic imine (C=N–C) groups is 1. The Kier molecular flexibility index (Phi) is 7.70. The van der Waals surface area contributed by atoms with Gasteiger partial charge in [0.2, 0.25) is 0 Å². The maximum absolute atomic E-state index is 12.8. The Morgan fingerprint density at radius 2 is 1.60 bits per heavy atom. The smallest absolute Gasteiger partial charge is 0.415 e. The number of carbonyl (C=O) groups is 1. The molecule has 0 heterocycles. The van der Waals surface area contributed by atoms with Crippen LogP contribution in [-0.4, -0.2) is 24.0 Å². The molecule has 5 heteroatoms. The highest BCUT2D eigenvalue weighted by molar-refractivity contribution is 6.30. The maximum atomic E-state index is 12.8. The third-order valence-electron chi connectivity index (χ3n) is 3.90. The van der Waals surface area contributed by atoms with E-state index in [1.54, 1.807) is 24.3 Å². The molecule has 1 amide bonds. The fourth-order valence-corrected chi connectivity index (χ4v) is 2.54. The van der Waals surface area contributed by atoms with E-state index in [4.69, 9.17) is 21.3 Å². The van der Waals surface area contributed by atoms with Gasteiger partial charge in [-0.3, -0.25) is 4.90 Å². The molecule has 2 rings (SSSR count). The van der Waals surface area contributed by atoms with Crippen molar-refractivity contribution in [2.45, 2.75) is 47.1 Å². The quantitative estimate of drug-likeness (QED) is 0.397. The average Bonchev–Trinajstić information content (AvgIpc) is 2.64. The van der Waals surface area contributed by atoms with Crippen molar-refractivity contribution in [3.05, 3.63) is 59.6 Å². The van der Waals surface area contributed by atoms with Gasteiger partial charge in [-0.2, -0.15) is 0 Å². The summed E-state index contributed by atoms with van der Waals surface area (Å²) in [6.45, 7) is 11.9. The van der Waals surface area contributed by atoms with Crippen LogP contribution in [0.15, 0.2) is 59.6 Å². The summed E-state index contributed by atoms with van der Waals surface area (Å²) < 4.78 is 5.56. The molecule has 0 unspecified atom stereocenters. The highest BCUT2D eigenvalue weighted by Crippen LogP contribution is 2.22. The fraction of sp³-hybridized carbons (Fsp3) is 0.360. The first-order chi connectivity index (χ1) is 14.0. The van der Waals surface area contributed by atoms with Gasteiger partial charge in [-0.15, -0.1) is 0 Å². The summed E-state index contributed by atoms with van der Waals surface area (Å²) in [5.74, 6) is 6.27. The summed E-state index contributed by atoms with van der Waals surface area (Å²) in [6.07, 6.45) is -0.462. The molecule has 0 aliphatic rings. The first-order valence-corrected chi connectivity index (χ1v) is 10.2. The summed E-state index contributed by atoms with van der Waals surface area (Å²) in [4.78, 5) is 19.0. The number of ether oxygens (including phenoxy) is 1. The minimum atomic E-state index is -0.611. The number of carbonyl (C=O) groups excluding carboxylic acids is 1. The summed E-state index contributed by atoms with van der Waals surface area (Å²) >= 11 is 6.00. The van der Waals surface area contributed by atoms with Gasteiger partial charge in [0.15, 0.2) is 0 Å². The monoisotopic (exact) mass is 424 g/mol. The fourth-order valence-electron chi connectivity index (χ4n) is 2.42. The Balaban J connectivity index is 2.33. The molecule has 0 radical (unpaired) electrons. The van der Waals surface area contributed by atoms with Crippen LogP contribution in [0, 0.1) is 17.3 Å². The Morgan fingerprint density at radius 3 is 2.13 bits per heavy atom. The second-order valence-electron chi connectivity index (χ2n) is 8.89. The lowest BCUT2D eigenvalue weighted by Crippen LogP contribution is -2.37. The lowest BCUT2D eigenvalue weighted by Gasteiger charge is -2.26. The van der Waals surface area contributed by atoms with Gasteiger partial charge in [-0.1, -0.05) is 56.5 Å².